The van der Waals surface area contributed by atoms with Crippen LogP contribution in [0.2, 0.25) is 0 Å². The van der Waals surface area contributed by atoms with E-state index in [4.69, 9.17) is 0 Å². The molecule has 4 aromatic rings. The SMILES string of the molecule is Cc1cccc(-c2[nH]c3ccccc3c2CCN2C(=O)c3ccccc3C2=O)c1. The summed E-state index contributed by atoms with van der Waals surface area (Å²) in [6, 6.07) is 23.6. The Morgan fingerprint density at radius 1 is 0.828 bits per heavy atom. The lowest BCUT2D eigenvalue weighted by Crippen LogP contribution is -2.31. The van der Waals surface area contributed by atoms with Gasteiger partial charge >= 0.3 is 0 Å². The number of nitrogens with zero attached hydrogens (tertiary/aromatic N) is 1. The van der Waals surface area contributed by atoms with Crippen LogP contribution in [0.15, 0.2) is 72.8 Å². The minimum atomic E-state index is -0.206. The molecule has 4 nitrogen and oxygen atoms in total. The molecule has 2 heterocycles. The Labute approximate surface area is 168 Å². The van der Waals surface area contributed by atoms with Gasteiger partial charge in [0.1, 0.15) is 0 Å². The van der Waals surface area contributed by atoms with E-state index in [9.17, 15) is 9.59 Å². The third-order valence-electron chi connectivity index (χ3n) is 5.58. The van der Waals surface area contributed by atoms with E-state index < -0.39 is 0 Å². The average Bonchev–Trinajstić information content (AvgIpc) is 3.23. The van der Waals surface area contributed by atoms with Crippen molar-refractivity contribution in [3.63, 3.8) is 0 Å². The van der Waals surface area contributed by atoms with Crippen LogP contribution in [0.3, 0.4) is 0 Å². The molecule has 1 aromatic heterocycles. The Kier molecular flexibility index (Phi) is 4.06. The number of fused-ring (bicyclic) bond motifs is 2. The van der Waals surface area contributed by atoms with Gasteiger partial charge < -0.3 is 4.98 Å². The van der Waals surface area contributed by atoms with E-state index in [2.05, 4.69) is 42.2 Å². The molecule has 5 rings (SSSR count). The summed E-state index contributed by atoms with van der Waals surface area (Å²) in [5.41, 5.74) is 6.52. The van der Waals surface area contributed by atoms with Gasteiger partial charge in [0.2, 0.25) is 0 Å². The Morgan fingerprint density at radius 3 is 2.24 bits per heavy atom. The quantitative estimate of drug-likeness (QED) is 0.508. The topological polar surface area (TPSA) is 53.2 Å². The number of carbonyl (C=O) groups is 2. The lowest BCUT2D eigenvalue weighted by Gasteiger charge is -2.14. The van der Waals surface area contributed by atoms with Crippen LogP contribution in [0.1, 0.15) is 31.8 Å². The van der Waals surface area contributed by atoms with Crippen molar-refractivity contribution >= 4 is 22.7 Å². The Balaban J connectivity index is 1.52. The highest BCUT2D eigenvalue weighted by Crippen LogP contribution is 2.32. The second-order valence-corrected chi connectivity index (χ2v) is 7.45. The van der Waals surface area contributed by atoms with Crippen LogP contribution >= 0.6 is 0 Å². The zero-order chi connectivity index (χ0) is 20.0. The molecule has 1 N–H and O–H groups in total. The van der Waals surface area contributed by atoms with Gasteiger partial charge in [-0.25, -0.2) is 0 Å². The smallest absolute Gasteiger partial charge is 0.261 e. The van der Waals surface area contributed by atoms with Gasteiger partial charge in [0.15, 0.2) is 0 Å². The summed E-state index contributed by atoms with van der Waals surface area (Å²) in [6.45, 7) is 2.43. The molecule has 1 aliphatic rings. The first-order valence-electron chi connectivity index (χ1n) is 9.75. The van der Waals surface area contributed by atoms with Crippen LogP contribution in [0.5, 0.6) is 0 Å². The van der Waals surface area contributed by atoms with E-state index in [0.717, 1.165) is 27.7 Å². The normalized spacial score (nSPS) is 13.3. The fourth-order valence-electron chi connectivity index (χ4n) is 4.17. The molecule has 0 saturated carbocycles. The van der Waals surface area contributed by atoms with Crippen LogP contribution in [-0.4, -0.2) is 28.2 Å². The predicted octanol–water partition coefficient (Wildman–Crippen LogP) is 4.98. The highest BCUT2D eigenvalue weighted by molar-refractivity contribution is 6.21. The number of carbonyl (C=O) groups excluding carboxylic acids is 2. The molecule has 0 unspecified atom stereocenters. The van der Waals surface area contributed by atoms with Crippen molar-refractivity contribution in [2.75, 3.05) is 6.54 Å². The highest BCUT2D eigenvalue weighted by atomic mass is 16.2. The molecule has 0 radical (unpaired) electrons. The van der Waals surface area contributed by atoms with Crippen LogP contribution in [0, 0.1) is 6.92 Å². The van der Waals surface area contributed by atoms with Crippen LogP contribution in [0.25, 0.3) is 22.2 Å². The van der Waals surface area contributed by atoms with E-state index in [1.807, 2.05) is 18.2 Å². The number of hydrogen-bond donors (Lipinski definition) is 1. The Bertz CT molecular complexity index is 1230. The third kappa shape index (κ3) is 2.85. The molecule has 0 bridgehead atoms. The number of para-hydroxylation sites is 1. The molecule has 0 fully saturated rings. The standard InChI is InChI=1S/C25H20N2O2/c1-16-7-6-8-17(15-16)23-19(18-9-4-5-12-22(18)26-23)13-14-27-24(28)20-10-2-3-11-21(20)25(27)29/h2-12,15,26H,13-14H2,1H3. The predicted molar refractivity (Wildman–Crippen MR) is 114 cm³/mol. The number of benzene rings is 3. The molecular formula is C25H20N2O2. The average molecular weight is 380 g/mol. The summed E-state index contributed by atoms with van der Waals surface area (Å²) >= 11 is 0. The van der Waals surface area contributed by atoms with Crippen LogP contribution in [-0.2, 0) is 6.42 Å². The minimum absolute atomic E-state index is 0.206. The van der Waals surface area contributed by atoms with Gasteiger partial charge in [0.05, 0.1) is 11.1 Å². The number of aromatic amines is 1. The minimum Gasteiger partial charge on any atom is -0.354 e. The molecule has 0 spiro atoms. The van der Waals surface area contributed by atoms with Crippen molar-refractivity contribution in [2.45, 2.75) is 13.3 Å². The largest absolute Gasteiger partial charge is 0.354 e. The zero-order valence-electron chi connectivity index (χ0n) is 16.1. The molecule has 3 aromatic carbocycles. The number of hydrogen-bond acceptors (Lipinski definition) is 2. The van der Waals surface area contributed by atoms with E-state index in [0.29, 0.717) is 24.1 Å². The number of aryl methyl sites for hydroxylation is 1. The van der Waals surface area contributed by atoms with Crippen molar-refractivity contribution in [3.05, 3.63) is 95.1 Å². The maximum atomic E-state index is 12.7. The second-order valence-electron chi connectivity index (χ2n) is 7.45. The maximum Gasteiger partial charge on any atom is 0.261 e. The molecule has 4 heteroatoms. The molecule has 0 saturated heterocycles. The first kappa shape index (κ1) is 17.4. The summed E-state index contributed by atoms with van der Waals surface area (Å²) < 4.78 is 0. The molecule has 0 aliphatic carbocycles. The monoisotopic (exact) mass is 380 g/mol. The summed E-state index contributed by atoms with van der Waals surface area (Å²) in [5.74, 6) is -0.412. The van der Waals surface area contributed by atoms with Crippen molar-refractivity contribution in [1.29, 1.82) is 0 Å². The van der Waals surface area contributed by atoms with Gasteiger partial charge in [-0.05, 0) is 48.7 Å². The number of nitrogens with one attached hydrogen (secondary N) is 1. The first-order valence-corrected chi connectivity index (χ1v) is 9.75. The molecule has 29 heavy (non-hydrogen) atoms. The lowest BCUT2D eigenvalue weighted by atomic mass is 10.0. The molecule has 0 atom stereocenters. The molecule has 2 amide bonds. The van der Waals surface area contributed by atoms with Gasteiger partial charge in [0.25, 0.3) is 11.8 Å². The van der Waals surface area contributed by atoms with Gasteiger partial charge in [-0.2, -0.15) is 0 Å². The Hall–Kier alpha value is -3.66. The molecule has 142 valence electrons. The summed E-state index contributed by atoms with van der Waals surface area (Å²) in [4.78, 5) is 30.4. The summed E-state index contributed by atoms with van der Waals surface area (Å²) in [6.07, 6.45) is 0.596. The second kappa shape index (κ2) is 6.74. The van der Waals surface area contributed by atoms with Gasteiger partial charge in [-0.3, -0.25) is 14.5 Å². The molecule has 1 aliphatic heterocycles. The zero-order valence-corrected chi connectivity index (χ0v) is 16.1. The number of amides is 2. The molecular weight excluding hydrogens is 360 g/mol. The summed E-state index contributed by atoms with van der Waals surface area (Å²) in [7, 11) is 0. The van der Waals surface area contributed by atoms with Crippen LogP contribution < -0.4 is 0 Å². The number of H-pyrrole nitrogens is 1. The third-order valence-corrected chi connectivity index (χ3v) is 5.58. The van der Waals surface area contributed by atoms with E-state index in [1.54, 1.807) is 24.3 Å². The van der Waals surface area contributed by atoms with Gasteiger partial charge in [0, 0.05) is 23.1 Å². The fourth-order valence-corrected chi connectivity index (χ4v) is 4.17. The summed E-state index contributed by atoms with van der Waals surface area (Å²) in [5, 5.41) is 1.13. The number of rotatable bonds is 4. The maximum absolute atomic E-state index is 12.7. The lowest BCUT2D eigenvalue weighted by molar-refractivity contribution is 0.0656. The highest BCUT2D eigenvalue weighted by Gasteiger charge is 2.34. The van der Waals surface area contributed by atoms with E-state index in [1.165, 1.54) is 10.5 Å². The van der Waals surface area contributed by atoms with E-state index >= 15 is 0 Å². The van der Waals surface area contributed by atoms with E-state index in [-0.39, 0.29) is 11.8 Å². The number of aromatic nitrogens is 1. The first-order chi connectivity index (χ1) is 14.1. The van der Waals surface area contributed by atoms with Crippen molar-refractivity contribution in [3.8, 4) is 11.3 Å². The fraction of sp³-hybridized carbons (Fsp3) is 0.120. The van der Waals surface area contributed by atoms with Crippen LogP contribution in [0.4, 0.5) is 0 Å². The van der Waals surface area contributed by atoms with Gasteiger partial charge in [-0.1, -0.05) is 54.1 Å². The van der Waals surface area contributed by atoms with Crippen molar-refractivity contribution < 1.29 is 9.59 Å². The number of imide groups is 1. The van der Waals surface area contributed by atoms with Crippen molar-refractivity contribution in [1.82, 2.24) is 9.88 Å². The van der Waals surface area contributed by atoms with Gasteiger partial charge in [-0.15, -0.1) is 0 Å². The Morgan fingerprint density at radius 2 is 1.52 bits per heavy atom. The van der Waals surface area contributed by atoms with Crippen molar-refractivity contribution in [2.24, 2.45) is 0 Å².